The fourth-order valence-corrected chi connectivity index (χ4v) is 4.45. The highest BCUT2D eigenvalue weighted by Gasteiger charge is 2.25. The van der Waals surface area contributed by atoms with E-state index in [0.29, 0.717) is 12.5 Å². The predicted octanol–water partition coefficient (Wildman–Crippen LogP) is 5.50. The quantitative estimate of drug-likeness (QED) is 0.540. The van der Waals surface area contributed by atoms with Crippen LogP contribution in [0.1, 0.15) is 38.7 Å². The minimum atomic E-state index is -0.466. The summed E-state index contributed by atoms with van der Waals surface area (Å²) in [5.74, 6) is 1.37. The van der Waals surface area contributed by atoms with Gasteiger partial charge in [0.05, 0.1) is 12.8 Å². The van der Waals surface area contributed by atoms with Gasteiger partial charge in [0.15, 0.2) is 0 Å². The lowest BCUT2D eigenvalue weighted by Gasteiger charge is -2.26. The molecule has 1 amide bonds. The molecule has 0 bridgehead atoms. The number of aromatic amines is 1. The van der Waals surface area contributed by atoms with Gasteiger partial charge in [-0.15, -0.1) is 0 Å². The molecule has 0 radical (unpaired) electrons. The topological polar surface area (TPSA) is 57.8 Å². The summed E-state index contributed by atoms with van der Waals surface area (Å²) in [7, 11) is 3.51. The van der Waals surface area contributed by atoms with Gasteiger partial charge in [0.1, 0.15) is 11.4 Å². The van der Waals surface area contributed by atoms with E-state index in [1.54, 1.807) is 19.1 Å². The van der Waals surface area contributed by atoms with Crippen molar-refractivity contribution >= 4 is 17.0 Å². The molecule has 1 aliphatic heterocycles. The van der Waals surface area contributed by atoms with Crippen LogP contribution in [0.4, 0.5) is 4.79 Å². The molecule has 0 aliphatic carbocycles. The number of methoxy groups -OCH3 is 1. The number of hydrogen-bond acceptors (Lipinski definition) is 4. The predicted molar refractivity (Wildman–Crippen MR) is 133 cm³/mol. The summed E-state index contributed by atoms with van der Waals surface area (Å²) in [5, 5.41) is 1.22. The zero-order chi connectivity index (χ0) is 23.6. The molecule has 2 aromatic carbocycles. The Labute approximate surface area is 196 Å². The summed E-state index contributed by atoms with van der Waals surface area (Å²) >= 11 is 0. The van der Waals surface area contributed by atoms with E-state index in [2.05, 4.69) is 40.2 Å². The molecule has 1 fully saturated rings. The Kier molecular flexibility index (Phi) is 6.66. The number of likely N-dealkylation sites (tertiary alicyclic amines) is 1. The molecule has 1 saturated heterocycles. The number of aromatic nitrogens is 1. The zero-order valence-electron chi connectivity index (χ0n) is 20.4. The van der Waals surface area contributed by atoms with Crippen LogP contribution in [0, 0.1) is 0 Å². The number of hydrogen-bond donors (Lipinski definition) is 1. The monoisotopic (exact) mass is 449 g/mol. The molecule has 1 N–H and O–H groups in total. The van der Waals surface area contributed by atoms with Crippen molar-refractivity contribution in [3.8, 4) is 17.0 Å². The summed E-state index contributed by atoms with van der Waals surface area (Å²) in [6.07, 6.45) is 0.868. The number of nitrogens with zero attached hydrogens (tertiary/aromatic N) is 2. The first kappa shape index (κ1) is 23.2. The first-order valence-electron chi connectivity index (χ1n) is 11.7. The lowest BCUT2D eigenvalue weighted by Crippen LogP contribution is -2.38. The Morgan fingerprint density at radius 3 is 2.73 bits per heavy atom. The number of carbonyl (C=O) groups is 1. The van der Waals surface area contributed by atoms with Crippen LogP contribution in [0.5, 0.6) is 5.75 Å². The van der Waals surface area contributed by atoms with Gasteiger partial charge in [0.2, 0.25) is 0 Å². The second-order valence-electron chi connectivity index (χ2n) is 9.92. The number of carbonyl (C=O) groups excluding carboxylic acids is 1. The second kappa shape index (κ2) is 9.48. The summed E-state index contributed by atoms with van der Waals surface area (Å²) in [6.45, 7) is 9.26. The number of nitrogens with one attached hydrogen (secondary N) is 1. The maximum absolute atomic E-state index is 12.2. The van der Waals surface area contributed by atoms with Crippen molar-refractivity contribution in [1.29, 1.82) is 0 Å². The number of fused-ring (bicyclic) bond motifs is 1. The summed E-state index contributed by atoms with van der Waals surface area (Å²) in [4.78, 5) is 19.8. The van der Waals surface area contributed by atoms with E-state index in [-0.39, 0.29) is 6.09 Å². The second-order valence-corrected chi connectivity index (χ2v) is 9.92. The van der Waals surface area contributed by atoms with Crippen LogP contribution in [0.3, 0.4) is 0 Å². The Hall–Kier alpha value is -2.99. The highest BCUT2D eigenvalue weighted by atomic mass is 16.6. The van der Waals surface area contributed by atoms with Crippen LogP contribution >= 0.6 is 0 Å². The molecule has 6 nitrogen and oxygen atoms in total. The fourth-order valence-electron chi connectivity index (χ4n) is 4.45. The minimum Gasteiger partial charge on any atom is -0.496 e. The van der Waals surface area contributed by atoms with Gasteiger partial charge in [-0.1, -0.05) is 18.2 Å². The fraction of sp³-hybridized carbons (Fsp3) is 0.444. The molecule has 2 heterocycles. The Morgan fingerprint density at radius 2 is 1.97 bits per heavy atom. The van der Waals surface area contributed by atoms with Crippen LogP contribution in [0.25, 0.3) is 22.2 Å². The van der Waals surface area contributed by atoms with Gasteiger partial charge in [0.25, 0.3) is 0 Å². The molecular weight excluding hydrogens is 414 g/mol. The SMILES string of the molecule is COc1ccccc1-c1cc2cc(C3CCN(CCN(C)C(=O)OC(C)(C)C)C3)ccc2[nH]1. The van der Waals surface area contributed by atoms with E-state index in [9.17, 15) is 4.79 Å². The maximum atomic E-state index is 12.2. The Balaban J connectivity index is 1.39. The van der Waals surface area contributed by atoms with E-state index in [0.717, 1.165) is 48.6 Å². The minimum absolute atomic E-state index is 0.262. The summed E-state index contributed by atoms with van der Waals surface area (Å²) < 4.78 is 11.0. The van der Waals surface area contributed by atoms with Crippen LogP contribution < -0.4 is 4.74 Å². The Morgan fingerprint density at radius 1 is 1.18 bits per heavy atom. The van der Waals surface area contributed by atoms with E-state index in [1.807, 2.05) is 39.0 Å². The molecule has 33 heavy (non-hydrogen) atoms. The molecule has 0 spiro atoms. The number of rotatable bonds is 6. The number of likely N-dealkylation sites (N-methyl/N-ethyl adjacent to an activating group) is 1. The lowest BCUT2D eigenvalue weighted by atomic mass is 9.97. The smallest absolute Gasteiger partial charge is 0.410 e. The van der Waals surface area contributed by atoms with Crippen molar-refractivity contribution in [2.75, 3.05) is 40.3 Å². The number of para-hydroxylation sites is 1. The molecule has 4 rings (SSSR count). The van der Waals surface area contributed by atoms with Gasteiger partial charge in [-0.05, 0) is 75.5 Å². The first-order chi connectivity index (χ1) is 15.7. The van der Waals surface area contributed by atoms with Gasteiger partial charge < -0.3 is 24.3 Å². The molecule has 1 aliphatic rings. The normalized spacial score (nSPS) is 16.8. The Bertz CT molecular complexity index is 1120. The van der Waals surface area contributed by atoms with E-state index in [4.69, 9.17) is 9.47 Å². The molecular formula is C27H35N3O3. The highest BCUT2D eigenvalue weighted by Crippen LogP contribution is 2.34. The molecule has 176 valence electrons. The van der Waals surface area contributed by atoms with E-state index < -0.39 is 5.60 Å². The van der Waals surface area contributed by atoms with Gasteiger partial charge in [-0.25, -0.2) is 4.79 Å². The van der Waals surface area contributed by atoms with Gasteiger partial charge in [-0.3, -0.25) is 0 Å². The summed E-state index contributed by atoms with van der Waals surface area (Å²) in [6, 6.07) is 17.0. The largest absolute Gasteiger partial charge is 0.496 e. The zero-order valence-corrected chi connectivity index (χ0v) is 20.4. The number of amides is 1. The highest BCUT2D eigenvalue weighted by molar-refractivity contribution is 5.87. The van der Waals surface area contributed by atoms with E-state index >= 15 is 0 Å². The van der Waals surface area contributed by atoms with Gasteiger partial charge in [0, 0.05) is 43.1 Å². The van der Waals surface area contributed by atoms with Crippen LogP contribution in [0.15, 0.2) is 48.5 Å². The van der Waals surface area contributed by atoms with Gasteiger partial charge in [-0.2, -0.15) is 0 Å². The maximum Gasteiger partial charge on any atom is 0.410 e. The van der Waals surface area contributed by atoms with Crippen molar-refractivity contribution in [3.05, 3.63) is 54.1 Å². The molecule has 3 aromatic rings. The third kappa shape index (κ3) is 5.50. The standard InChI is InChI=1S/C27H35N3O3/c1-27(2,3)33-26(31)29(4)14-15-30-13-12-20(18-30)19-10-11-23-21(16-19)17-24(28-23)22-8-6-7-9-25(22)32-5/h6-11,16-17,20,28H,12-15,18H2,1-5H3. The third-order valence-electron chi connectivity index (χ3n) is 6.24. The van der Waals surface area contributed by atoms with E-state index in [1.165, 1.54) is 10.9 Å². The van der Waals surface area contributed by atoms with Crippen molar-refractivity contribution in [2.45, 2.75) is 38.7 Å². The van der Waals surface area contributed by atoms with Crippen molar-refractivity contribution < 1.29 is 14.3 Å². The van der Waals surface area contributed by atoms with Crippen molar-refractivity contribution in [1.82, 2.24) is 14.8 Å². The van der Waals surface area contributed by atoms with Crippen LogP contribution in [-0.4, -0.2) is 66.8 Å². The average Bonchev–Trinajstić information content (AvgIpc) is 3.42. The summed E-state index contributed by atoms with van der Waals surface area (Å²) in [5.41, 5.74) is 4.17. The first-order valence-corrected chi connectivity index (χ1v) is 11.7. The number of ether oxygens (including phenoxy) is 2. The number of benzene rings is 2. The molecule has 1 aromatic heterocycles. The molecule has 0 saturated carbocycles. The lowest BCUT2D eigenvalue weighted by molar-refractivity contribution is 0.0286. The van der Waals surface area contributed by atoms with Crippen LogP contribution in [-0.2, 0) is 4.74 Å². The average molecular weight is 450 g/mol. The van der Waals surface area contributed by atoms with Crippen molar-refractivity contribution in [3.63, 3.8) is 0 Å². The molecule has 6 heteroatoms. The van der Waals surface area contributed by atoms with Crippen LogP contribution in [0.2, 0.25) is 0 Å². The van der Waals surface area contributed by atoms with Crippen molar-refractivity contribution in [2.24, 2.45) is 0 Å². The number of H-pyrrole nitrogens is 1. The molecule has 1 atom stereocenters. The molecule has 1 unspecified atom stereocenters. The third-order valence-corrected chi connectivity index (χ3v) is 6.24. The van der Waals surface area contributed by atoms with Gasteiger partial charge >= 0.3 is 6.09 Å².